The molecule has 1 aromatic carbocycles. The van der Waals surface area contributed by atoms with Gasteiger partial charge in [-0.2, -0.15) is 0 Å². The zero-order valence-electron chi connectivity index (χ0n) is 11.7. The number of carboxylic acid groups (broad SMARTS) is 1. The SMILES string of the molecule is CC(NC(=O)C1CC1(C)C)(C(=O)O)c1ccc(F)cc1. The highest BCUT2D eigenvalue weighted by molar-refractivity contribution is 5.90. The summed E-state index contributed by atoms with van der Waals surface area (Å²) in [6.07, 6.45) is 0.748. The number of hydrogen-bond acceptors (Lipinski definition) is 2. The van der Waals surface area contributed by atoms with Gasteiger partial charge in [0, 0.05) is 5.92 Å². The van der Waals surface area contributed by atoms with Crippen LogP contribution in [0.15, 0.2) is 24.3 Å². The number of hydrogen-bond donors (Lipinski definition) is 2. The van der Waals surface area contributed by atoms with Gasteiger partial charge in [0.15, 0.2) is 5.54 Å². The van der Waals surface area contributed by atoms with Crippen LogP contribution in [0.4, 0.5) is 4.39 Å². The minimum absolute atomic E-state index is 0.0771. The summed E-state index contributed by atoms with van der Waals surface area (Å²) in [5.74, 6) is -2.06. The van der Waals surface area contributed by atoms with Crippen LogP contribution in [-0.4, -0.2) is 17.0 Å². The number of halogens is 1. The lowest BCUT2D eigenvalue weighted by Crippen LogP contribution is -2.50. The Kier molecular flexibility index (Phi) is 3.32. The van der Waals surface area contributed by atoms with Gasteiger partial charge in [-0.05, 0) is 36.5 Å². The predicted molar refractivity (Wildman–Crippen MR) is 71.4 cm³/mol. The van der Waals surface area contributed by atoms with Crippen molar-refractivity contribution >= 4 is 11.9 Å². The fraction of sp³-hybridized carbons (Fsp3) is 0.467. The molecule has 1 aromatic rings. The van der Waals surface area contributed by atoms with Gasteiger partial charge in [-0.1, -0.05) is 26.0 Å². The molecule has 1 amide bonds. The van der Waals surface area contributed by atoms with Gasteiger partial charge < -0.3 is 10.4 Å². The third kappa shape index (κ3) is 2.53. The highest BCUT2D eigenvalue weighted by Crippen LogP contribution is 2.51. The molecule has 2 unspecified atom stereocenters. The van der Waals surface area contributed by atoms with Crippen LogP contribution in [0.3, 0.4) is 0 Å². The Hall–Kier alpha value is -1.91. The molecule has 108 valence electrons. The lowest BCUT2D eigenvalue weighted by Gasteiger charge is -2.27. The van der Waals surface area contributed by atoms with E-state index in [2.05, 4.69) is 5.32 Å². The van der Waals surface area contributed by atoms with Crippen LogP contribution in [0.1, 0.15) is 32.8 Å². The highest BCUT2D eigenvalue weighted by atomic mass is 19.1. The Labute approximate surface area is 117 Å². The fourth-order valence-corrected chi connectivity index (χ4v) is 2.28. The third-order valence-electron chi connectivity index (χ3n) is 4.05. The summed E-state index contributed by atoms with van der Waals surface area (Å²) in [5.41, 5.74) is -1.28. The second-order valence-corrected chi connectivity index (χ2v) is 6.17. The van der Waals surface area contributed by atoms with Gasteiger partial charge in [0.2, 0.25) is 5.91 Å². The Bertz CT molecular complexity index is 553. The molecule has 1 saturated carbocycles. The maximum Gasteiger partial charge on any atom is 0.333 e. The van der Waals surface area contributed by atoms with Crippen LogP contribution in [0.2, 0.25) is 0 Å². The van der Waals surface area contributed by atoms with E-state index < -0.39 is 17.3 Å². The summed E-state index contributed by atoms with van der Waals surface area (Å²) in [6.45, 7) is 5.34. The van der Waals surface area contributed by atoms with Crippen molar-refractivity contribution in [2.24, 2.45) is 11.3 Å². The normalized spacial score (nSPS) is 22.7. The summed E-state index contributed by atoms with van der Waals surface area (Å²) >= 11 is 0. The number of carboxylic acids is 1. The molecule has 1 aliphatic carbocycles. The van der Waals surface area contributed by atoms with Crippen molar-refractivity contribution in [1.82, 2.24) is 5.32 Å². The molecule has 2 N–H and O–H groups in total. The van der Waals surface area contributed by atoms with Gasteiger partial charge in [-0.25, -0.2) is 9.18 Å². The third-order valence-corrected chi connectivity index (χ3v) is 4.05. The second-order valence-electron chi connectivity index (χ2n) is 6.17. The molecule has 0 radical (unpaired) electrons. The molecule has 20 heavy (non-hydrogen) atoms. The molecule has 1 aliphatic rings. The maximum absolute atomic E-state index is 12.9. The summed E-state index contributed by atoms with van der Waals surface area (Å²) in [7, 11) is 0. The van der Waals surface area contributed by atoms with Gasteiger partial charge in [-0.15, -0.1) is 0 Å². The number of aliphatic carboxylic acids is 1. The van der Waals surface area contributed by atoms with Crippen LogP contribution in [0, 0.1) is 17.2 Å². The predicted octanol–water partition coefficient (Wildman–Crippen LogP) is 2.29. The first-order chi connectivity index (χ1) is 9.17. The van der Waals surface area contributed by atoms with Crippen LogP contribution < -0.4 is 5.32 Å². The minimum Gasteiger partial charge on any atom is -0.479 e. The zero-order chi connectivity index (χ0) is 15.1. The smallest absolute Gasteiger partial charge is 0.333 e. The first kappa shape index (κ1) is 14.5. The summed E-state index contributed by atoms with van der Waals surface area (Å²) < 4.78 is 12.9. The largest absolute Gasteiger partial charge is 0.479 e. The summed E-state index contributed by atoms with van der Waals surface area (Å²) in [6, 6.07) is 5.12. The average molecular weight is 279 g/mol. The van der Waals surface area contributed by atoms with Crippen molar-refractivity contribution in [1.29, 1.82) is 0 Å². The molecular formula is C15H18FNO3. The van der Waals surface area contributed by atoms with Gasteiger partial charge >= 0.3 is 5.97 Å². The van der Waals surface area contributed by atoms with E-state index in [4.69, 9.17) is 0 Å². The summed E-state index contributed by atoms with van der Waals surface area (Å²) in [5, 5.41) is 12.0. The summed E-state index contributed by atoms with van der Waals surface area (Å²) in [4.78, 5) is 23.7. The lowest BCUT2D eigenvalue weighted by molar-refractivity contribution is -0.147. The van der Waals surface area contributed by atoms with E-state index in [1.54, 1.807) is 0 Å². The van der Waals surface area contributed by atoms with Crippen molar-refractivity contribution in [3.63, 3.8) is 0 Å². The quantitative estimate of drug-likeness (QED) is 0.888. The first-order valence-electron chi connectivity index (χ1n) is 6.48. The van der Waals surface area contributed by atoms with E-state index in [9.17, 15) is 19.1 Å². The number of nitrogens with one attached hydrogen (secondary N) is 1. The van der Waals surface area contributed by atoms with E-state index in [1.807, 2.05) is 13.8 Å². The molecule has 0 spiro atoms. The van der Waals surface area contributed by atoms with Gasteiger partial charge in [0.05, 0.1) is 0 Å². The molecule has 2 atom stereocenters. The molecule has 1 fully saturated rings. The Balaban J connectivity index is 2.24. The van der Waals surface area contributed by atoms with Gasteiger partial charge in [-0.3, -0.25) is 4.79 Å². The highest BCUT2D eigenvalue weighted by Gasteiger charge is 2.52. The van der Waals surface area contributed by atoms with Gasteiger partial charge in [0.25, 0.3) is 0 Å². The number of carbonyl (C=O) groups excluding carboxylic acids is 1. The molecule has 5 heteroatoms. The van der Waals surface area contributed by atoms with Crippen molar-refractivity contribution < 1.29 is 19.1 Å². The van der Waals surface area contributed by atoms with E-state index >= 15 is 0 Å². The number of carbonyl (C=O) groups is 2. The van der Waals surface area contributed by atoms with E-state index in [-0.39, 0.29) is 17.2 Å². The standard InChI is InChI=1S/C15H18FNO3/c1-14(2)8-11(14)12(18)17-15(3,13(19)20)9-4-6-10(16)7-5-9/h4-7,11H,8H2,1-3H3,(H,17,18)(H,19,20). The van der Waals surface area contributed by atoms with Crippen molar-refractivity contribution in [3.8, 4) is 0 Å². The van der Waals surface area contributed by atoms with Crippen LogP contribution >= 0.6 is 0 Å². The molecule has 0 saturated heterocycles. The van der Waals surface area contributed by atoms with Gasteiger partial charge in [0.1, 0.15) is 5.82 Å². The molecule has 4 nitrogen and oxygen atoms in total. The monoisotopic (exact) mass is 279 g/mol. The van der Waals surface area contributed by atoms with Crippen LogP contribution in [0.25, 0.3) is 0 Å². The number of rotatable bonds is 4. The Morgan fingerprint density at radius 3 is 2.25 bits per heavy atom. The van der Waals surface area contributed by atoms with E-state index in [0.717, 1.165) is 6.42 Å². The Morgan fingerprint density at radius 1 is 1.35 bits per heavy atom. The first-order valence-corrected chi connectivity index (χ1v) is 6.48. The Morgan fingerprint density at radius 2 is 1.85 bits per heavy atom. The lowest BCUT2D eigenvalue weighted by atomic mass is 9.91. The van der Waals surface area contributed by atoms with Crippen LogP contribution in [-0.2, 0) is 15.1 Å². The number of amides is 1. The molecule has 2 rings (SSSR count). The molecule has 0 bridgehead atoms. The van der Waals surface area contributed by atoms with Crippen molar-refractivity contribution in [2.75, 3.05) is 0 Å². The van der Waals surface area contributed by atoms with Crippen molar-refractivity contribution in [3.05, 3.63) is 35.6 Å². The van der Waals surface area contributed by atoms with Crippen molar-refractivity contribution in [2.45, 2.75) is 32.7 Å². The van der Waals surface area contributed by atoms with E-state index in [0.29, 0.717) is 5.56 Å². The molecule has 0 heterocycles. The fourth-order valence-electron chi connectivity index (χ4n) is 2.28. The van der Waals surface area contributed by atoms with Crippen LogP contribution in [0.5, 0.6) is 0 Å². The van der Waals surface area contributed by atoms with E-state index in [1.165, 1.54) is 31.2 Å². The molecular weight excluding hydrogens is 261 g/mol. The second kappa shape index (κ2) is 4.58. The minimum atomic E-state index is -1.55. The average Bonchev–Trinajstić information content (AvgIpc) is 2.99. The maximum atomic E-state index is 12.9. The molecule has 0 aromatic heterocycles. The zero-order valence-corrected chi connectivity index (χ0v) is 11.7. The molecule has 0 aliphatic heterocycles. The number of benzene rings is 1. The topological polar surface area (TPSA) is 66.4 Å².